The van der Waals surface area contributed by atoms with E-state index >= 15 is 4.39 Å². The van der Waals surface area contributed by atoms with Crippen LogP contribution in [0.4, 0.5) is 14.9 Å². The molecular formula is C23H29FN4O5S. The summed E-state index contributed by atoms with van der Waals surface area (Å²) in [6, 6.07) is 7.91. The van der Waals surface area contributed by atoms with Gasteiger partial charge in [-0.1, -0.05) is 12.1 Å². The van der Waals surface area contributed by atoms with Crippen molar-refractivity contribution in [1.82, 2.24) is 10.3 Å². The molecule has 1 atom stereocenters. The summed E-state index contributed by atoms with van der Waals surface area (Å²) in [5, 5.41) is 8.52. The van der Waals surface area contributed by atoms with Crippen LogP contribution in [0.15, 0.2) is 35.4 Å². The molecule has 2 aromatic carbocycles. The smallest absolute Gasteiger partial charge is 0.337 e. The first-order chi connectivity index (χ1) is 16.2. The summed E-state index contributed by atoms with van der Waals surface area (Å²) < 4.78 is 48.4. The Bertz CT molecular complexity index is 1130. The van der Waals surface area contributed by atoms with Crippen LogP contribution in [0, 0.1) is 5.82 Å². The summed E-state index contributed by atoms with van der Waals surface area (Å²) in [6.07, 6.45) is 0.915. The van der Waals surface area contributed by atoms with Crippen molar-refractivity contribution >= 4 is 28.2 Å². The fourth-order valence-electron chi connectivity index (χ4n) is 4.36. The number of carbonyl (C=O) groups is 1. The maximum absolute atomic E-state index is 15.6. The quantitative estimate of drug-likeness (QED) is 0.594. The minimum absolute atomic E-state index is 0.00391. The predicted molar refractivity (Wildman–Crippen MR) is 131 cm³/mol. The van der Waals surface area contributed by atoms with E-state index in [0.717, 1.165) is 0 Å². The van der Waals surface area contributed by atoms with E-state index < -0.39 is 28.7 Å². The number of carbonyl (C=O) groups excluding carboxylic acids is 1. The SMILES string of the molecule is CNC(=O)N1N=C(c2ccc(N3CCCS3(O)O)cc2)c2cc(OC)c(OC)c(F)c2CC1C. The minimum atomic E-state index is -2.82. The number of nitrogens with one attached hydrogen (secondary N) is 1. The molecule has 34 heavy (non-hydrogen) atoms. The third-order valence-electron chi connectivity index (χ3n) is 6.08. The van der Waals surface area contributed by atoms with Crippen LogP contribution >= 0.6 is 10.8 Å². The summed E-state index contributed by atoms with van der Waals surface area (Å²) in [4.78, 5) is 12.6. The molecule has 2 amide bonds. The van der Waals surface area contributed by atoms with Crippen LogP contribution in [-0.4, -0.2) is 65.5 Å². The molecule has 2 aliphatic heterocycles. The van der Waals surface area contributed by atoms with Crippen molar-refractivity contribution in [2.24, 2.45) is 5.10 Å². The van der Waals surface area contributed by atoms with Gasteiger partial charge in [0.1, 0.15) is 0 Å². The highest BCUT2D eigenvalue weighted by atomic mass is 32.3. The molecule has 2 aliphatic rings. The van der Waals surface area contributed by atoms with Gasteiger partial charge in [0, 0.05) is 30.3 Å². The van der Waals surface area contributed by atoms with Crippen LogP contribution in [0.2, 0.25) is 0 Å². The van der Waals surface area contributed by atoms with Gasteiger partial charge in [0.05, 0.1) is 37.4 Å². The number of ether oxygens (including phenoxy) is 2. The molecule has 2 heterocycles. The van der Waals surface area contributed by atoms with Crippen LogP contribution in [0.1, 0.15) is 30.0 Å². The van der Waals surface area contributed by atoms with Gasteiger partial charge in [0.15, 0.2) is 17.3 Å². The maximum atomic E-state index is 15.6. The standard InChI is InChI=1S/C23H29FN4O5S/c1-14-12-17-18(13-19(32-3)22(33-4)20(17)24)21(26-28(14)23(29)25-2)15-6-8-16(9-7-15)27-10-5-11-34(27,30)31/h6-9,13-14,30-31H,5,10-12H2,1-4H3,(H,25,29). The molecule has 0 radical (unpaired) electrons. The second kappa shape index (κ2) is 9.32. The van der Waals surface area contributed by atoms with Gasteiger partial charge in [-0.2, -0.15) is 5.10 Å². The summed E-state index contributed by atoms with van der Waals surface area (Å²) >= 11 is 0. The molecule has 3 N–H and O–H groups in total. The number of anilines is 1. The molecule has 0 aliphatic carbocycles. The third-order valence-corrected chi connectivity index (χ3v) is 8.01. The largest absolute Gasteiger partial charge is 0.493 e. The summed E-state index contributed by atoms with van der Waals surface area (Å²) in [6.45, 7) is 2.35. The molecule has 4 rings (SSSR count). The Balaban J connectivity index is 1.86. The lowest BCUT2D eigenvalue weighted by molar-refractivity contribution is 0.184. The van der Waals surface area contributed by atoms with E-state index in [1.54, 1.807) is 41.6 Å². The van der Waals surface area contributed by atoms with Crippen molar-refractivity contribution < 1.29 is 27.8 Å². The molecule has 0 saturated carbocycles. The zero-order valence-corrected chi connectivity index (χ0v) is 20.4. The fourth-order valence-corrected chi connectivity index (χ4v) is 5.97. The monoisotopic (exact) mass is 492 g/mol. The molecule has 1 unspecified atom stereocenters. The molecule has 9 nitrogen and oxygen atoms in total. The van der Waals surface area contributed by atoms with Crippen LogP contribution in [0.25, 0.3) is 0 Å². The molecule has 11 heteroatoms. The highest BCUT2D eigenvalue weighted by Crippen LogP contribution is 2.51. The molecule has 0 spiro atoms. The van der Waals surface area contributed by atoms with Crippen LogP contribution in [0.3, 0.4) is 0 Å². The second-order valence-corrected chi connectivity index (χ2v) is 10.3. The molecule has 184 valence electrons. The van der Waals surface area contributed by atoms with Crippen molar-refractivity contribution in [2.45, 2.75) is 25.8 Å². The van der Waals surface area contributed by atoms with Crippen molar-refractivity contribution in [3.05, 3.63) is 52.8 Å². The van der Waals surface area contributed by atoms with E-state index in [9.17, 15) is 13.9 Å². The average molecular weight is 493 g/mol. The molecule has 2 aromatic rings. The van der Waals surface area contributed by atoms with Gasteiger partial charge < -0.3 is 14.8 Å². The van der Waals surface area contributed by atoms with Crippen molar-refractivity contribution in [3.63, 3.8) is 0 Å². The van der Waals surface area contributed by atoms with Gasteiger partial charge in [0.2, 0.25) is 0 Å². The Kier molecular flexibility index (Phi) is 6.61. The molecule has 1 fully saturated rings. The van der Waals surface area contributed by atoms with Crippen molar-refractivity contribution in [2.75, 3.05) is 37.9 Å². The van der Waals surface area contributed by atoms with E-state index in [1.807, 2.05) is 0 Å². The van der Waals surface area contributed by atoms with Crippen LogP contribution in [0.5, 0.6) is 11.5 Å². The summed E-state index contributed by atoms with van der Waals surface area (Å²) in [7, 11) is 1.49. The Morgan fingerprint density at radius 1 is 1.24 bits per heavy atom. The predicted octanol–water partition coefficient (Wildman–Crippen LogP) is 4.06. The lowest BCUT2D eigenvalue weighted by atomic mass is 9.93. The van der Waals surface area contributed by atoms with Gasteiger partial charge in [-0.15, -0.1) is 10.8 Å². The Labute approximate surface area is 199 Å². The van der Waals surface area contributed by atoms with Gasteiger partial charge >= 0.3 is 6.03 Å². The number of hydrazone groups is 1. The number of halogens is 1. The number of amides is 2. The average Bonchev–Trinajstić information content (AvgIpc) is 3.11. The fraction of sp³-hybridized carbons (Fsp3) is 0.391. The zero-order valence-electron chi connectivity index (χ0n) is 19.5. The number of fused-ring (bicyclic) bond motifs is 1. The second-order valence-electron chi connectivity index (χ2n) is 8.19. The molecular weight excluding hydrogens is 463 g/mol. The first-order valence-corrected chi connectivity index (χ1v) is 12.6. The Hall–Kier alpha value is -3.02. The number of hydrogen-bond acceptors (Lipinski definition) is 7. The minimum Gasteiger partial charge on any atom is -0.493 e. The first-order valence-electron chi connectivity index (χ1n) is 10.9. The van der Waals surface area contributed by atoms with E-state index in [-0.39, 0.29) is 17.9 Å². The normalized spacial score (nSPS) is 20.2. The van der Waals surface area contributed by atoms with E-state index in [1.165, 1.54) is 26.3 Å². The van der Waals surface area contributed by atoms with Gasteiger partial charge in [-0.3, -0.25) is 13.4 Å². The first kappa shape index (κ1) is 24.1. The van der Waals surface area contributed by atoms with Crippen LogP contribution in [-0.2, 0) is 6.42 Å². The van der Waals surface area contributed by atoms with Gasteiger partial charge in [-0.25, -0.2) is 14.2 Å². The highest BCUT2D eigenvalue weighted by molar-refractivity contribution is 8.25. The number of nitrogens with zero attached hydrogens (tertiary/aromatic N) is 3. The summed E-state index contributed by atoms with van der Waals surface area (Å²) in [5.41, 5.74) is 2.56. The lowest BCUT2D eigenvalue weighted by Crippen LogP contribution is -2.41. The zero-order chi connectivity index (χ0) is 24.6. The summed E-state index contributed by atoms with van der Waals surface area (Å²) in [5.74, 6) is -0.00182. The Morgan fingerprint density at radius 3 is 2.50 bits per heavy atom. The number of hydrogen-bond donors (Lipinski definition) is 3. The number of rotatable bonds is 4. The van der Waals surface area contributed by atoms with E-state index in [4.69, 9.17) is 9.47 Å². The molecule has 0 bridgehead atoms. The number of benzene rings is 2. The lowest BCUT2D eigenvalue weighted by Gasteiger charge is -2.38. The Morgan fingerprint density at radius 2 is 1.94 bits per heavy atom. The number of urea groups is 1. The molecule has 0 aromatic heterocycles. The maximum Gasteiger partial charge on any atom is 0.337 e. The van der Waals surface area contributed by atoms with Gasteiger partial charge in [-0.05, 0) is 38.0 Å². The molecule has 1 saturated heterocycles. The highest BCUT2D eigenvalue weighted by Gasteiger charge is 2.32. The van der Waals surface area contributed by atoms with E-state index in [0.29, 0.717) is 46.8 Å². The van der Waals surface area contributed by atoms with Crippen molar-refractivity contribution in [1.29, 1.82) is 0 Å². The number of methoxy groups -OCH3 is 2. The topological polar surface area (TPSA) is 107 Å². The van der Waals surface area contributed by atoms with Crippen LogP contribution < -0.4 is 19.1 Å². The van der Waals surface area contributed by atoms with E-state index in [2.05, 4.69) is 10.4 Å². The van der Waals surface area contributed by atoms with Gasteiger partial charge in [0.25, 0.3) is 0 Å². The van der Waals surface area contributed by atoms with Crippen molar-refractivity contribution in [3.8, 4) is 11.5 Å². The third kappa shape index (κ3) is 4.15.